The first-order valence-corrected chi connectivity index (χ1v) is 6.42. The Kier molecular flexibility index (Phi) is 2.71. The Bertz CT molecular complexity index is 483. The molecule has 94 valence electrons. The second kappa shape index (κ2) is 4.25. The Labute approximate surface area is 107 Å². The molecule has 2 aliphatic rings. The van der Waals surface area contributed by atoms with Gasteiger partial charge in [-0.2, -0.15) is 0 Å². The summed E-state index contributed by atoms with van der Waals surface area (Å²) in [6.45, 7) is 2.10. The van der Waals surface area contributed by atoms with Crippen LogP contribution in [-0.2, 0) is 4.79 Å². The third-order valence-corrected chi connectivity index (χ3v) is 4.19. The minimum atomic E-state index is -0.699. The molecule has 1 aromatic carbocycles. The lowest BCUT2D eigenvalue weighted by atomic mass is 9.99. The summed E-state index contributed by atoms with van der Waals surface area (Å²) in [7, 11) is 0. The molecule has 0 amide bonds. The van der Waals surface area contributed by atoms with E-state index in [1.165, 1.54) is 5.56 Å². The van der Waals surface area contributed by atoms with Crippen LogP contribution in [0.25, 0.3) is 0 Å². The van der Waals surface area contributed by atoms with Gasteiger partial charge in [-0.15, -0.1) is 0 Å². The van der Waals surface area contributed by atoms with E-state index in [-0.39, 0.29) is 24.0 Å². The van der Waals surface area contributed by atoms with E-state index >= 15 is 0 Å². The number of nitrogens with zero attached hydrogens (tertiary/aromatic N) is 1. The molecule has 1 fully saturated rings. The van der Waals surface area contributed by atoms with Crippen LogP contribution in [0.1, 0.15) is 24.9 Å². The summed E-state index contributed by atoms with van der Waals surface area (Å²) >= 11 is 0. The third kappa shape index (κ3) is 1.66. The highest BCUT2D eigenvalue weighted by atomic mass is 16.4. The first-order chi connectivity index (χ1) is 8.68. The SMILES string of the molecule is C[C@H](c1ccccc1)N1[C@H]2C=C[C@H](C2)[C@@H]1C(=O)O. The van der Waals surface area contributed by atoms with Crippen molar-refractivity contribution in [3.63, 3.8) is 0 Å². The van der Waals surface area contributed by atoms with Gasteiger partial charge in [0.1, 0.15) is 6.04 Å². The monoisotopic (exact) mass is 243 g/mol. The molecular weight excluding hydrogens is 226 g/mol. The van der Waals surface area contributed by atoms with Gasteiger partial charge in [-0.3, -0.25) is 9.69 Å². The number of hydrogen-bond donors (Lipinski definition) is 1. The summed E-state index contributed by atoms with van der Waals surface area (Å²) < 4.78 is 0. The average molecular weight is 243 g/mol. The maximum Gasteiger partial charge on any atom is 0.321 e. The van der Waals surface area contributed by atoms with Crippen LogP contribution >= 0.6 is 0 Å². The van der Waals surface area contributed by atoms with Crippen LogP contribution < -0.4 is 0 Å². The minimum Gasteiger partial charge on any atom is -0.480 e. The van der Waals surface area contributed by atoms with Gasteiger partial charge < -0.3 is 5.11 Å². The summed E-state index contributed by atoms with van der Waals surface area (Å²) in [6.07, 6.45) is 5.18. The van der Waals surface area contributed by atoms with Crippen LogP contribution in [-0.4, -0.2) is 28.1 Å². The van der Waals surface area contributed by atoms with Crippen molar-refractivity contribution >= 4 is 5.97 Å². The molecule has 0 unspecified atom stereocenters. The number of carboxylic acid groups (broad SMARTS) is 1. The molecule has 1 heterocycles. The summed E-state index contributed by atoms with van der Waals surface area (Å²) in [5, 5.41) is 9.43. The van der Waals surface area contributed by atoms with Crippen LogP contribution in [0, 0.1) is 5.92 Å². The second-order valence-electron chi connectivity index (χ2n) is 5.17. The van der Waals surface area contributed by atoms with E-state index in [0.717, 1.165) is 6.42 Å². The molecular formula is C15H17NO2. The predicted octanol–water partition coefficient (Wildman–Crippen LogP) is 2.46. The molecule has 3 nitrogen and oxygen atoms in total. The van der Waals surface area contributed by atoms with Crippen molar-refractivity contribution in [1.29, 1.82) is 0 Å². The van der Waals surface area contributed by atoms with Crippen LogP contribution in [0.2, 0.25) is 0 Å². The molecule has 4 atom stereocenters. The molecule has 3 rings (SSSR count). The van der Waals surface area contributed by atoms with E-state index < -0.39 is 5.97 Å². The Morgan fingerprint density at radius 3 is 2.72 bits per heavy atom. The van der Waals surface area contributed by atoms with E-state index in [1.54, 1.807) is 0 Å². The first kappa shape index (κ1) is 11.5. The highest BCUT2D eigenvalue weighted by Gasteiger charge is 2.48. The second-order valence-corrected chi connectivity index (χ2v) is 5.17. The molecule has 0 radical (unpaired) electrons. The van der Waals surface area contributed by atoms with Crippen molar-refractivity contribution in [1.82, 2.24) is 4.90 Å². The Morgan fingerprint density at radius 1 is 1.33 bits per heavy atom. The number of carboxylic acids is 1. The van der Waals surface area contributed by atoms with Crippen molar-refractivity contribution in [3.8, 4) is 0 Å². The highest BCUT2D eigenvalue weighted by molar-refractivity contribution is 5.75. The van der Waals surface area contributed by atoms with Crippen LogP contribution in [0.4, 0.5) is 0 Å². The van der Waals surface area contributed by atoms with E-state index in [4.69, 9.17) is 0 Å². The molecule has 1 aliphatic heterocycles. The topological polar surface area (TPSA) is 40.5 Å². The third-order valence-electron chi connectivity index (χ3n) is 4.19. The fourth-order valence-electron chi connectivity index (χ4n) is 3.33. The average Bonchev–Trinajstić information content (AvgIpc) is 2.99. The van der Waals surface area contributed by atoms with E-state index in [9.17, 15) is 9.90 Å². The zero-order valence-electron chi connectivity index (χ0n) is 10.4. The molecule has 1 saturated heterocycles. The summed E-state index contributed by atoms with van der Waals surface area (Å²) in [5.74, 6) is -0.520. The largest absolute Gasteiger partial charge is 0.480 e. The molecule has 1 N–H and O–H groups in total. The van der Waals surface area contributed by atoms with Gasteiger partial charge in [0.05, 0.1) is 0 Å². The van der Waals surface area contributed by atoms with Gasteiger partial charge in [0.2, 0.25) is 0 Å². The Hall–Kier alpha value is -1.61. The van der Waals surface area contributed by atoms with Gasteiger partial charge >= 0.3 is 5.97 Å². The molecule has 0 saturated carbocycles. The minimum absolute atomic E-state index is 0.146. The number of benzene rings is 1. The molecule has 1 aromatic rings. The standard InChI is InChI=1S/C15H17NO2/c1-10(11-5-3-2-4-6-11)16-13-8-7-12(9-13)14(16)15(17)18/h2-8,10,12-14H,9H2,1H3,(H,17,18)/t10-,12-,13+,14-/m1/s1. The first-order valence-electron chi connectivity index (χ1n) is 6.42. The van der Waals surface area contributed by atoms with Gasteiger partial charge in [0.25, 0.3) is 0 Å². The molecule has 18 heavy (non-hydrogen) atoms. The van der Waals surface area contributed by atoms with E-state index in [1.807, 2.05) is 18.2 Å². The lowest BCUT2D eigenvalue weighted by Crippen LogP contribution is -2.45. The molecule has 0 aromatic heterocycles. The lowest BCUT2D eigenvalue weighted by Gasteiger charge is -2.35. The number of likely N-dealkylation sites (tertiary alicyclic amines) is 1. The maximum absolute atomic E-state index is 11.5. The Morgan fingerprint density at radius 2 is 2.06 bits per heavy atom. The predicted molar refractivity (Wildman–Crippen MR) is 69.2 cm³/mol. The van der Waals surface area contributed by atoms with Crippen molar-refractivity contribution < 1.29 is 9.90 Å². The maximum atomic E-state index is 11.5. The van der Waals surface area contributed by atoms with Crippen molar-refractivity contribution in [2.45, 2.75) is 31.5 Å². The number of hydrogen-bond acceptors (Lipinski definition) is 2. The highest BCUT2D eigenvalue weighted by Crippen LogP contribution is 2.42. The number of carbonyl (C=O) groups is 1. The summed E-state index contributed by atoms with van der Waals surface area (Å²) in [6, 6.07) is 10.2. The van der Waals surface area contributed by atoms with Gasteiger partial charge in [-0.05, 0) is 18.9 Å². The fourth-order valence-corrected chi connectivity index (χ4v) is 3.33. The van der Waals surface area contributed by atoms with Gasteiger partial charge in [-0.1, -0.05) is 42.5 Å². The fraction of sp³-hybridized carbons (Fsp3) is 0.400. The molecule has 1 aliphatic carbocycles. The van der Waals surface area contributed by atoms with E-state index in [0.29, 0.717) is 0 Å². The Balaban J connectivity index is 1.91. The number of aliphatic carboxylic acids is 1. The van der Waals surface area contributed by atoms with Gasteiger partial charge in [0, 0.05) is 18.0 Å². The normalized spacial score (nSPS) is 31.7. The molecule has 3 heteroatoms. The number of rotatable bonds is 3. The quantitative estimate of drug-likeness (QED) is 0.829. The van der Waals surface area contributed by atoms with Crippen LogP contribution in [0.5, 0.6) is 0 Å². The smallest absolute Gasteiger partial charge is 0.321 e. The summed E-state index contributed by atoms with van der Waals surface area (Å²) in [4.78, 5) is 13.6. The zero-order chi connectivity index (χ0) is 12.7. The lowest BCUT2D eigenvalue weighted by molar-refractivity contribution is -0.144. The van der Waals surface area contributed by atoms with Crippen molar-refractivity contribution in [2.75, 3.05) is 0 Å². The number of fused-ring (bicyclic) bond motifs is 2. The zero-order valence-corrected chi connectivity index (χ0v) is 10.4. The van der Waals surface area contributed by atoms with Gasteiger partial charge in [-0.25, -0.2) is 0 Å². The van der Waals surface area contributed by atoms with Crippen molar-refractivity contribution in [2.24, 2.45) is 5.92 Å². The molecule has 2 bridgehead atoms. The van der Waals surface area contributed by atoms with Crippen molar-refractivity contribution in [3.05, 3.63) is 48.0 Å². The van der Waals surface area contributed by atoms with Gasteiger partial charge in [0.15, 0.2) is 0 Å². The molecule has 0 spiro atoms. The van der Waals surface area contributed by atoms with Crippen LogP contribution in [0.15, 0.2) is 42.5 Å². The summed E-state index contributed by atoms with van der Waals surface area (Å²) in [5.41, 5.74) is 1.18. The van der Waals surface area contributed by atoms with E-state index in [2.05, 4.69) is 36.1 Å². The van der Waals surface area contributed by atoms with Crippen LogP contribution in [0.3, 0.4) is 0 Å².